The Kier molecular flexibility index (Phi) is 11.6. The molecule has 0 saturated heterocycles. The molecule has 0 fully saturated rings. The highest BCUT2D eigenvalue weighted by Gasteiger charge is 2.04. The number of rotatable bonds is 14. The molecule has 0 atom stereocenters. The van der Waals surface area contributed by atoms with E-state index in [1.54, 1.807) is 0 Å². The first-order chi connectivity index (χ1) is 14.7. The van der Waals surface area contributed by atoms with Gasteiger partial charge in [0.2, 0.25) is 0 Å². The molecule has 0 bridgehead atoms. The Morgan fingerprint density at radius 1 is 0.800 bits per heavy atom. The SMILES string of the molecule is CCCCCCCCCCc1ccc(C=C(COC(C)=O)Cc2ccccc2)cc1. The van der Waals surface area contributed by atoms with Crippen LogP contribution in [0.15, 0.2) is 60.2 Å². The third kappa shape index (κ3) is 10.4. The van der Waals surface area contributed by atoms with Crippen LogP contribution in [-0.2, 0) is 22.4 Å². The Bertz CT molecular complexity index is 744. The number of unbranched alkanes of at least 4 members (excludes halogenated alkanes) is 7. The number of carbonyl (C=O) groups is 1. The standard InChI is InChI=1S/C28H38O2/c1-3-4-5-6-7-8-9-11-14-25-17-19-27(20-18-25)22-28(23-30-24(2)29)21-26-15-12-10-13-16-26/h10,12-13,15-20,22H,3-9,11,14,21,23H2,1-2H3. The van der Waals surface area contributed by atoms with Crippen LogP contribution in [0.25, 0.3) is 6.08 Å². The molecule has 0 unspecified atom stereocenters. The Morgan fingerprint density at radius 2 is 1.43 bits per heavy atom. The molecule has 0 radical (unpaired) electrons. The van der Waals surface area contributed by atoms with Crippen LogP contribution in [-0.4, -0.2) is 12.6 Å². The van der Waals surface area contributed by atoms with Crippen LogP contribution in [0.4, 0.5) is 0 Å². The van der Waals surface area contributed by atoms with Crippen molar-refractivity contribution >= 4 is 12.0 Å². The van der Waals surface area contributed by atoms with Crippen molar-refractivity contribution in [3.63, 3.8) is 0 Å². The van der Waals surface area contributed by atoms with E-state index in [0.717, 1.165) is 24.0 Å². The minimum atomic E-state index is -0.241. The maximum Gasteiger partial charge on any atom is 0.302 e. The summed E-state index contributed by atoms with van der Waals surface area (Å²) in [6.45, 7) is 4.06. The first-order valence-electron chi connectivity index (χ1n) is 11.6. The van der Waals surface area contributed by atoms with Crippen molar-refractivity contribution in [1.29, 1.82) is 0 Å². The average molecular weight is 407 g/mol. The number of benzene rings is 2. The summed E-state index contributed by atoms with van der Waals surface area (Å²) in [5.41, 5.74) is 4.89. The summed E-state index contributed by atoms with van der Waals surface area (Å²) < 4.78 is 5.27. The van der Waals surface area contributed by atoms with E-state index in [2.05, 4.69) is 49.4 Å². The molecule has 0 spiro atoms. The van der Waals surface area contributed by atoms with Gasteiger partial charge in [0.15, 0.2) is 0 Å². The van der Waals surface area contributed by atoms with Gasteiger partial charge in [-0.05, 0) is 41.5 Å². The third-order valence-electron chi connectivity index (χ3n) is 5.40. The maximum atomic E-state index is 11.3. The highest BCUT2D eigenvalue weighted by atomic mass is 16.5. The maximum absolute atomic E-state index is 11.3. The molecule has 2 aromatic carbocycles. The molecule has 0 heterocycles. The van der Waals surface area contributed by atoms with Crippen molar-refractivity contribution < 1.29 is 9.53 Å². The quantitative estimate of drug-likeness (QED) is 0.239. The lowest BCUT2D eigenvalue weighted by Gasteiger charge is -2.09. The first kappa shape index (κ1) is 23.9. The van der Waals surface area contributed by atoms with Gasteiger partial charge in [0.05, 0.1) is 0 Å². The summed E-state index contributed by atoms with van der Waals surface area (Å²) in [4.78, 5) is 11.3. The molecule has 0 amide bonds. The molecule has 0 aliphatic heterocycles. The summed E-state index contributed by atoms with van der Waals surface area (Å²) >= 11 is 0. The van der Waals surface area contributed by atoms with Crippen LogP contribution in [0.2, 0.25) is 0 Å². The van der Waals surface area contributed by atoms with Gasteiger partial charge >= 0.3 is 5.97 Å². The second-order valence-corrected chi connectivity index (χ2v) is 8.21. The van der Waals surface area contributed by atoms with Crippen molar-refractivity contribution in [3.05, 3.63) is 76.9 Å². The lowest BCUT2D eigenvalue weighted by atomic mass is 10.0. The van der Waals surface area contributed by atoms with Crippen LogP contribution in [0, 0.1) is 0 Å². The zero-order valence-corrected chi connectivity index (χ0v) is 18.9. The normalized spacial score (nSPS) is 11.5. The topological polar surface area (TPSA) is 26.3 Å². The predicted molar refractivity (Wildman–Crippen MR) is 128 cm³/mol. The number of ether oxygens (including phenoxy) is 1. The third-order valence-corrected chi connectivity index (χ3v) is 5.40. The second kappa shape index (κ2) is 14.6. The smallest absolute Gasteiger partial charge is 0.302 e. The fraction of sp³-hybridized carbons (Fsp3) is 0.464. The molecule has 0 aliphatic rings. The summed E-state index contributed by atoms with van der Waals surface area (Å²) in [5.74, 6) is -0.241. The largest absolute Gasteiger partial charge is 0.461 e. The van der Waals surface area contributed by atoms with Gasteiger partial charge in [0.1, 0.15) is 6.61 Å². The van der Waals surface area contributed by atoms with Crippen molar-refractivity contribution in [2.24, 2.45) is 0 Å². The lowest BCUT2D eigenvalue weighted by molar-refractivity contribution is -0.139. The van der Waals surface area contributed by atoms with E-state index in [4.69, 9.17) is 4.74 Å². The van der Waals surface area contributed by atoms with Gasteiger partial charge in [0.25, 0.3) is 0 Å². The van der Waals surface area contributed by atoms with E-state index in [1.807, 2.05) is 18.2 Å². The summed E-state index contributed by atoms with van der Waals surface area (Å²) in [5, 5.41) is 0. The average Bonchev–Trinajstić information content (AvgIpc) is 2.76. The molecule has 30 heavy (non-hydrogen) atoms. The molecule has 2 aromatic rings. The Morgan fingerprint density at radius 3 is 2.07 bits per heavy atom. The molecule has 2 heteroatoms. The van der Waals surface area contributed by atoms with Crippen LogP contribution < -0.4 is 0 Å². The minimum absolute atomic E-state index is 0.241. The van der Waals surface area contributed by atoms with E-state index < -0.39 is 0 Å². The van der Waals surface area contributed by atoms with E-state index in [9.17, 15) is 4.79 Å². The predicted octanol–water partition coefficient (Wildman–Crippen LogP) is 7.56. The van der Waals surface area contributed by atoms with Crippen LogP contribution in [0.3, 0.4) is 0 Å². The summed E-state index contributed by atoms with van der Waals surface area (Å²) in [6.07, 6.45) is 14.9. The molecule has 0 N–H and O–H groups in total. The van der Waals surface area contributed by atoms with Crippen molar-refractivity contribution in [2.75, 3.05) is 6.61 Å². The molecular weight excluding hydrogens is 368 g/mol. The molecule has 0 aromatic heterocycles. The van der Waals surface area contributed by atoms with Gasteiger partial charge in [-0.1, -0.05) is 113 Å². The minimum Gasteiger partial charge on any atom is -0.461 e. The number of esters is 1. The van der Waals surface area contributed by atoms with Crippen molar-refractivity contribution in [2.45, 2.75) is 78.1 Å². The van der Waals surface area contributed by atoms with Gasteiger partial charge in [-0.2, -0.15) is 0 Å². The molecule has 2 rings (SSSR count). The zero-order valence-electron chi connectivity index (χ0n) is 18.9. The Hall–Kier alpha value is -2.35. The van der Waals surface area contributed by atoms with Gasteiger partial charge in [-0.3, -0.25) is 4.79 Å². The fourth-order valence-corrected chi connectivity index (χ4v) is 3.68. The Balaban J connectivity index is 1.83. The van der Waals surface area contributed by atoms with Gasteiger partial charge < -0.3 is 4.74 Å². The highest BCUT2D eigenvalue weighted by Crippen LogP contribution is 2.16. The molecule has 2 nitrogen and oxygen atoms in total. The lowest BCUT2D eigenvalue weighted by Crippen LogP contribution is -2.05. The number of carbonyl (C=O) groups excluding carboxylic acids is 1. The molecule has 162 valence electrons. The van der Waals surface area contributed by atoms with Crippen molar-refractivity contribution in [1.82, 2.24) is 0 Å². The number of hydrogen-bond donors (Lipinski definition) is 0. The van der Waals surface area contributed by atoms with E-state index in [1.165, 1.54) is 69.4 Å². The van der Waals surface area contributed by atoms with E-state index in [-0.39, 0.29) is 5.97 Å². The molecule has 0 saturated carbocycles. The zero-order chi connectivity index (χ0) is 21.4. The Labute approximate surface area is 183 Å². The fourth-order valence-electron chi connectivity index (χ4n) is 3.68. The highest BCUT2D eigenvalue weighted by molar-refractivity contribution is 5.66. The summed E-state index contributed by atoms with van der Waals surface area (Å²) in [7, 11) is 0. The van der Waals surface area contributed by atoms with Gasteiger partial charge in [-0.15, -0.1) is 0 Å². The first-order valence-corrected chi connectivity index (χ1v) is 11.6. The van der Waals surface area contributed by atoms with Crippen LogP contribution >= 0.6 is 0 Å². The van der Waals surface area contributed by atoms with Gasteiger partial charge in [0, 0.05) is 6.92 Å². The van der Waals surface area contributed by atoms with E-state index >= 15 is 0 Å². The monoisotopic (exact) mass is 406 g/mol. The van der Waals surface area contributed by atoms with E-state index in [0.29, 0.717) is 6.61 Å². The molecule has 0 aliphatic carbocycles. The van der Waals surface area contributed by atoms with Crippen molar-refractivity contribution in [3.8, 4) is 0 Å². The second-order valence-electron chi connectivity index (χ2n) is 8.21. The van der Waals surface area contributed by atoms with Gasteiger partial charge in [-0.25, -0.2) is 0 Å². The van der Waals surface area contributed by atoms with Crippen LogP contribution in [0.5, 0.6) is 0 Å². The molecular formula is C28H38O2. The number of aryl methyl sites for hydroxylation is 1. The number of hydrogen-bond acceptors (Lipinski definition) is 2. The summed E-state index contributed by atoms with van der Waals surface area (Å²) in [6, 6.07) is 19.1. The van der Waals surface area contributed by atoms with Crippen LogP contribution in [0.1, 0.15) is 81.9 Å².